The molecule has 19 nitrogen and oxygen atoms in total. The molecule has 2 amide bonds. The molecule has 10 bridgehead atoms. The Morgan fingerprint density at radius 1 is 0.937 bits per heavy atom. The molecule has 4 aromatic rings. The summed E-state index contributed by atoms with van der Waals surface area (Å²) in [4.78, 5) is 63.0. The molecule has 424 valence electrons. The quantitative estimate of drug-likeness (QED) is 0.158. The van der Waals surface area contributed by atoms with Gasteiger partial charge in [0.1, 0.15) is 35.7 Å². The minimum atomic E-state index is -1.14. The van der Waals surface area contributed by atoms with Gasteiger partial charge in [0.2, 0.25) is 5.89 Å². The molecule has 1 aromatic carbocycles. The minimum absolute atomic E-state index is 0.00817. The number of amides is 2. The molecular weight excluding hydrogens is 1010 g/mol. The normalized spacial score (nSPS) is 31.7. The van der Waals surface area contributed by atoms with Crippen LogP contribution in [-0.4, -0.2) is 175 Å². The van der Waals surface area contributed by atoms with Crippen molar-refractivity contribution in [3.8, 4) is 22.5 Å². The maximum atomic E-state index is 15.6. The van der Waals surface area contributed by atoms with Crippen LogP contribution in [0.3, 0.4) is 0 Å². The lowest BCUT2D eigenvalue weighted by Crippen LogP contribution is -2.74. The number of piperazine rings is 1. The number of carbonyl (C=O) groups excluding carboxylic acids is 3. The summed E-state index contributed by atoms with van der Waals surface area (Å²) in [5.74, 6) is -0.497. The fourth-order valence-corrected chi connectivity index (χ4v) is 14.8. The monoisotopic (exact) mass is 1090 g/mol. The predicted octanol–water partition coefficient (Wildman–Crippen LogP) is 5.98. The maximum Gasteiger partial charge on any atom is 0.325 e. The number of nitrogens with one attached hydrogen (secondary N) is 2. The molecule has 0 unspecified atom stereocenters. The van der Waals surface area contributed by atoms with E-state index in [4.69, 9.17) is 42.8 Å². The standard InChI is InChI=1S/C60H79N9O10/c1-35(73-6)48-44(24-41(28-61-48)66-15-13-65(14-16-66)39-8-9-39)51-45-27-57(2,3)32-78-55(71)49-37-21-40(22-37)69(64-49)54(70)50(63-56(72)60-25-38(26-60)58(4,5)79-60)52(67-30-59(31-67)33-75-34-59)53-62-46(29-77-53)36-7-10-47(43(45)23-36)68(51)17-20-76-42-11-18-74-19-12-42/h7,10,23-24,28-29,35,37-40,42,49-50,52,64H,8-9,11-22,25-27,30-34H2,1-6H3,(H,63,72)/t35-,37?,38?,40?,49-,50-,52-,60?/m0/s1. The van der Waals surface area contributed by atoms with Crippen LogP contribution < -0.4 is 15.6 Å². The highest BCUT2D eigenvalue weighted by Gasteiger charge is 2.66. The molecular formula is C60H79N9O10. The number of benzene rings is 1. The Morgan fingerprint density at radius 3 is 2.41 bits per heavy atom. The number of pyridine rings is 1. The Labute approximate surface area is 462 Å². The van der Waals surface area contributed by atoms with Crippen LogP contribution in [0.2, 0.25) is 0 Å². The van der Waals surface area contributed by atoms with Crippen molar-refractivity contribution in [1.29, 1.82) is 0 Å². The average Bonchev–Trinajstić information content (AvgIpc) is 3.27. The highest BCUT2D eigenvalue weighted by atomic mass is 16.5. The van der Waals surface area contributed by atoms with Crippen molar-refractivity contribution in [2.24, 2.45) is 22.7 Å². The van der Waals surface area contributed by atoms with E-state index >= 15 is 4.79 Å². The Kier molecular flexibility index (Phi) is 12.9. The number of cyclic esters (lactones) is 1. The summed E-state index contributed by atoms with van der Waals surface area (Å²) in [5, 5.41) is 5.92. The molecule has 11 fully saturated rings. The van der Waals surface area contributed by atoms with Crippen LogP contribution >= 0.6 is 0 Å². The zero-order chi connectivity index (χ0) is 54.2. The molecule has 9 aliphatic heterocycles. The fraction of sp³-hybridized carbons (Fsp3) is 0.683. The lowest BCUT2D eigenvalue weighted by atomic mass is 9.69. The van der Waals surface area contributed by atoms with E-state index in [0.29, 0.717) is 96.4 Å². The van der Waals surface area contributed by atoms with Crippen molar-refractivity contribution in [1.82, 2.24) is 40.1 Å². The van der Waals surface area contributed by atoms with E-state index in [9.17, 15) is 9.59 Å². The predicted molar refractivity (Wildman–Crippen MR) is 292 cm³/mol. The number of hydrogen-bond acceptors (Lipinski definition) is 16. The number of methoxy groups -OCH3 is 1. The second kappa shape index (κ2) is 19.6. The number of anilines is 1. The second-order valence-corrected chi connectivity index (χ2v) is 26.5. The molecule has 2 N–H and O–H groups in total. The molecule has 19 heteroatoms. The molecule has 4 atom stereocenters. The lowest BCUT2D eigenvalue weighted by Gasteiger charge is -2.58. The van der Waals surface area contributed by atoms with Gasteiger partial charge in [-0.1, -0.05) is 19.9 Å². The summed E-state index contributed by atoms with van der Waals surface area (Å²) in [6.45, 7) is 19.4. The smallest absolute Gasteiger partial charge is 0.325 e. The third kappa shape index (κ3) is 9.20. The summed E-state index contributed by atoms with van der Waals surface area (Å²) in [6.07, 6.45) is 10.8. The van der Waals surface area contributed by atoms with Crippen LogP contribution in [0.15, 0.2) is 41.1 Å². The number of hydrogen-bond donors (Lipinski definition) is 2. The van der Waals surface area contributed by atoms with Gasteiger partial charge in [0, 0.05) is 111 Å². The van der Waals surface area contributed by atoms with Gasteiger partial charge in [-0.25, -0.2) is 10.4 Å². The van der Waals surface area contributed by atoms with Gasteiger partial charge in [0.25, 0.3) is 11.8 Å². The second-order valence-electron chi connectivity index (χ2n) is 26.5. The number of likely N-dealkylation sites (tertiary alicyclic amines) is 1. The highest BCUT2D eigenvalue weighted by Crippen LogP contribution is 2.58. The van der Waals surface area contributed by atoms with Crippen LogP contribution in [0.1, 0.15) is 115 Å². The van der Waals surface area contributed by atoms with Gasteiger partial charge in [-0.15, -0.1) is 0 Å². The Hall–Kier alpha value is -4.99. The van der Waals surface area contributed by atoms with Gasteiger partial charge < -0.3 is 47.6 Å². The molecule has 0 radical (unpaired) electrons. The maximum absolute atomic E-state index is 15.6. The van der Waals surface area contributed by atoms with Crippen LogP contribution in [0.5, 0.6) is 0 Å². The lowest BCUT2D eigenvalue weighted by molar-refractivity contribution is -0.206. The Morgan fingerprint density at radius 2 is 1.71 bits per heavy atom. The first-order chi connectivity index (χ1) is 38.1. The first-order valence-electron chi connectivity index (χ1n) is 29.5. The summed E-state index contributed by atoms with van der Waals surface area (Å²) < 4.78 is 46.3. The molecule has 1 spiro atoms. The number of hydrazine groups is 1. The van der Waals surface area contributed by atoms with E-state index in [1.54, 1.807) is 18.4 Å². The van der Waals surface area contributed by atoms with Gasteiger partial charge in [-0.3, -0.25) is 34.2 Å². The van der Waals surface area contributed by atoms with Crippen molar-refractivity contribution in [3.63, 3.8) is 0 Å². The molecule has 79 heavy (non-hydrogen) atoms. The minimum Gasteiger partial charge on any atom is -0.464 e. The van der Waals surface area contributed by atoms with Crippen LogP contribution in [-0.2, 0) is 55.8 Å². The zero-order valence-electron chi connectivity index (χ0n) is 46.9. The third-order valence-corrected chi connectivity index (χ3v) is 19.9. The number of carbonyl (C=O) groups is 3. The summed E-state index contributed by atoms with van der Waals surface area (Å²) in [7, 11) is 1.74. The van der Waals surface area contributed by atoms with E-state index < -0.39 is 40.7 Å². The Balaban J connectivity index is 0.910. The number of esters is 1. The molecule has 12 aliphatic rings. The molecule has 3 saturated carbocycles. The van der Waals surface area contributed by atoms with Crippen LogP contribution in [0.25, 0.3) is 33.4 Å². The summed E-state index contributed by atoms with van der Waals surface area (Å²) in [5.41, 5.74) is 8.76. The fourth-order valence-electron chi connectivity index (χ4n) is 14.8. The number of rotatable bonds is 12. The summed E-state index contributed by atoms with van der Waals surface area (Å²) in [6, 6.07) is 6.69. The molecule has 8 saturated heterocycles. The van der Waals surface area contributed by atoms with Gasteiger partial charge in [0.05, 0.1) is 67.5 Å². The highest BCUT2D eigenvalue weighted by molar-refractivity contribution is 5.96. The molecule has 12 heterocycles. The van der Waals surface area contributed by atoms with Crippen molar-refractivity contribution in [3.05, 3.63) is 53.9 Å². The third-order valence-electron chi connectivity index (χ3n) is 19.9. The van der Waals surface area contributed by atoms with E-state index in [1.807, 2.05) is 20.0 Å². The van der Waals surface area contributed by atoms with Crippen molar-refractivity contribution >= 4 is 34.4 Å². The van der Waals surface area contributed by atoms with Crippen molar-refractivity contribution < 1.29 is 47.2 Å². The number of aromatic nitrogens is 3. The topological polar surface area (TPSA) is 187 Å². The molecule has 3 aliphatic carbocycles. The van der Waals surface area contributed by atoms with Crippen LogP contribution in [0, 0.1) is 22.7 Å². The van der Waals surface area contributed by atoms with E-state index in [2.05, 4.69) is 75.0 Å². The molecule has 16 rings (SSSR count). The number of ether oxygens (including phenoxy) is 6. The van der Waals surface area contributed by atoms with E-state index in [1.165, 1.54) is 12.8 Å². The summed E-state index contributed by atoms with van der Waals surface area (Å²) >= 11 is 0. The Bertz CT molecular complexity index is 3000. The first-order valence-corrected chi connectivity index (χ1v) is 29.5. The van der Waals surface area contributed by atoms with Crippen LogP contribution in [0.4, 0.5) is 5.69 Å². The van der Waals surface area contributed by atoms with E-state index in [0.717, 1.165) is 89.7 Å². The first kappa shape index (κ1) is 52.1. The van der Waals surface area contributed by atoms with Crippen molar-refractivity contribution in [2.75, 3.05) is 90.9 Å². The number of nitrogens with zero attached hydrogens (tertiary/aromatic N) is 7. The zero-order valence-corrected chi connectivity index (χ0v) is 46.9. The average molecular weight is 1090 g/mol. The van der Waals surface area contributed by atoms with Gasteiger partial charge >= 0.3 is 5.97 Å². The largest absolute Gasteiger partial charge is 0.464 e. The van der Waals surface area contributed by atoms with E-state index in [-0.39, 0.29) is 53.9 Å². The SMILES string of the molecule is CO[C@@H](C)c1ncc(N2CCN(C3CC3)CC2)cc1-c1c2c3cc(ccc3n1CCOC1CCOCC1)-c1coc(n1)[C@@H](N1CC3(COC3)C1)[C@H](NC(=O)C13CC(C1)C(C)(C)O3)C(=O)N1N[C@H](C(=O)OCC(C)(C)C2)C2CC1C2. The molecule has 3 aromatic heterocycles. The van der Waals surface area contributed by atoms with Gasteiger partial charge in [0.15, 0.2) is 0 Å². The van der Waals surface area contributed by atoms with Crippen molar-refractivity contribution in [2.45, 2.75) is 153 Å². The number of oxazole rings is 1. The van der Waals surface area contributed by atoms with Gasteiger partial charge in [-0.05, 0) is 114 Å². The van der Waals surface area contributed by atoms with Gasteiger partial charge in [-0.2, -0.15) is 0 Å². The number of fused-ring (bicyclic) bond motifs is 5.